The number of benzene rings is 2. The van der Waals surface area contributed by atoms with Crippen LogP contribution in [0.25, 0.3) is 11.3 Å². The highest BCUT2D eigenvalue weighted by molar-refractivity contribution is 5.60. The van der Waals surface area contributed by atoms with Gasteiger partial charge in [-0.05, 0) is 36.8 Å². The molecule has 3 rings (SSSR count). The Morgan fingerprint density at radius 2 is 1.80 bits per heavy atom. The summed E-state index contributed by atoms with van der Waals surface area (Å²) in [4.78, 5) is 4.57. The minimum absolute atomic E-state index is 0.451. The molecule has 2 aromatic carbocycles. The number of anilines is 1. The monoisotopic (exact) mass is 329 g/mol. The number of hydrogen-bond acceptors (Lipinski definition) is 4. The Morgan fingerprint density at radius 3 is 2.52 bits per heavy atom. The second-order valence-corrected chi connectivity index (χ2v) is 5.69. The van der Waals surface area contributed by atoms with Crippen molar-refractivity contribution in [2.75, 3.05) is 12.4 Å². The van der Waals surface area contributed by atoms with Crippen LogP contribution in [0.4, 0.5) is 5.69 Å². The van der Waals surface area contributed by atoms with Crippen molar-refractivity contribution >= 4 is 5.69 Å². The lowest BCUT2D eigenvalue weighted by atomic mass is 10.1. The second-order valence-electron chi connectivity index (χ2n) is 5.69. The van der Waals surface area contributed by atoms with Gasteiger partial charge in [-0.2, -0.15) is 5.26 Å². The Labute approximate surface area is 147 Å². The fourth-order valence-electron chi connectivity index (χ4n) is 2.65. The van der Waals surface area contributed by atoms with Gasteiger partial charge in [-0.25, -0.2) is 4.98 Å². The van der Waals surface area contributed by atoms with E-state index in [1.54, 1.807) is 12.1 Å². The number of aryl methyl sites for hydroxylation is 1. The molecule has 0 spiro atoms. The first-order valence-corrected chi connectivity index (χ1v) is 8.08. The van der Waals surface area contributed by atoms with Crippen LogP contribution in [0.1, 0.15) is 16.7 Å². The summed E-state index contributed by atoms with van der Waals surface area (Å²) < 4.78 is 5.92. The van der Waals surface area contributed by atoms with E-state index < -0.39 is 0 Å². The molecule has 0 bridgehead atoms. The van der Waals surface area contributed by atoms with E-state index in [9.17, 15) is 0 Å². The summed E-state index contributed by atoms with van der Waals surface area (Å²) in [5.41, 5.74) is 5.76. The van der Waals surface area contributed by atoms with Crippen LogP contribution in [-0.2, 0) is 6.61 Å². The highest BCUT2D eigenvalue weighted by Crippen LogP contribution is 2.23. The predicted molar refractivity (Wildman–Crippen MR) is 99.4 cm³/mol. The van der Waals surface area contributed by atoms with Gasteiger partial charge in [0.2, 0.25) is 5.88 Å². The third-order valence-corrected chi connectivity index (χ3v) is 4.08. The highest BCUT2D eigenvalue weighted by atomic mass is 16.5. The first kappa shape index (κ1) is 16.5. The number of nitrogens with one attached hydrogen (secondary N) is 1. The van der Waals surface area contributed by atoms with Crippen molar-refractivity contribution in [3.8, 4) is 23.2 Å². The van der Waals surface area contributed by atoms with Gasteiger partial charge in [-0.15, -0.1) is 0 Å². The molecule has 124 valence electrons. The summed E-state index contributed by atoms with van der Waals surface area (Å²) >= 11 is 0. The quantitative estimate of drug-likeness (QED) is 0.746. The molecule has 25 heavy (non-hydrogen) atoms. The number of nitrogens with zero attached hydrogens (tertiary/aromatic N) is 2. The van der Waals surface area contributed by atoms with Crippen LogP contribution < -0.4 is 10.1 Å². The summed E-state index contributed by atoms with van der Waals surface area (Å²) in [6, 6.07) is 21.3. The van der Waals surface area contributed by atoms with Gasteiger partial charge in [0.1, 0.15) is 6.61 Å². The van der Waals surface area contributed by atoms with E-state index >= 15 is 0 Å². The zero-order valence-electron chi connectivity index (χ0n) is 14.3. The average Bonchev–Trinajstić information content (AvgIpc) is 2.67. The van der Waals surface area contributed by atoms with Gasteiger partial charge in [0.25, 0.3) is 0 Å². The topological polar surface area (TPSA) is 57.9 Å². The van der Waals surface area contributed by atoms with E-state index in [1.807, 2.05) is 49.5 Å². The summed E-state index contributed by atoms with van der Waals surface area (Å²) in [6.45, 7) is 2.52. The summed E-state index contributed by atoms with van der Waals surface area (Å²) in [6.07, 6.45) is 0. The lowest BCUT2D eigenvalue weighted by molar-refractivity contribution is 0.294. The van der Waals surface area contributed by atoms with Crippen molar-refractivity contribution in [2.24, 2.45) is 0 Å². The molecule has 4 nitrogen and oxygen atoms in total. The smallest absolute Gasteiger partial charge is 0.214 e. The Balaban J connectivity index is 1.79. The maximum absolute atomic E-state index is 8.90. The zero-order chi connectivity index (χ0) is 17.6. The van der Waals surface area contributed by atoms with Crippen LogP contribution in [0.3, 0.4) is 0 Å². The van der Waals surface area contributed by atoms with Crippen LogP contribution in [0.5, 0.6) is 5.88 Å². The predicted octanol–water partition coefficient (Wildman–Crippen LogP) is 4.55. The molecule has 1 N–H and O–H groups in total. The van der Waals surface area contributed by atoms with Gasteiger partial charge in [0.15, 0.2) is 0 Å². The van der Waals surface area contributed by atoms with Crippen molar-refractivity contribution < 1.29 is 4.74 Å². The second kappa shape index (κ2) is 7.50. The van der Waals surface area contributed by atoms with Crippen LogP contribution in [-0.4, -0.2) is 12.0 Å². The number of nitriles is 1. The molecular formula is C21H19N3O. The molecule has 0 radical (unpaired) electrons. The molecule has 4 heteroatoms. The first-order valence-electron chi connectivity index (χ1n) is 8.08. The van der Waals surface area contributed by atoms with Gasteiger partial charge in [0.05, 0.1) is 17.3 Å². The molecule has 0 aliphatic heterocycles. The SMILES string of the molecule is CNc1cccc(C)c1COc1cccc(-c2ccc(C#N)cc2)n1. The van der Waals surface area contributed by atoms with E-state index in [0.29, 0.717) is 18.1 Å². The molecule has 0 aliphatic rings. The van der Waals surface area contributed by atoms with Gasteiger partial charge in [0, 0.05) is 29.9 Å². The molecule has 0 atom stereocenters. The van der Waals surface area contributed by atoms with Gasteiger partial charge >= 0.3 is 0 Å². The van der Waals surface area contributed by atoms with E-state index in [4.69, 9.17) is 10.00 Å². The molecule has 0 saturated carbocycles. The van der Waals surface area contributed by atoms with Crippen molar-refractivity contribution in [2.45, 2.75) is 13.5 Å². The summed E-state index contributed by atoms with van der Waals surface area (Å²) in [5.74, 6) is 0.576. The molecular weight excluding hydrogens is 310 g/mol. The van der Waals surface area contributed by atoms with Gasteiger partial charge in [-0.1, -0.05) is 30.3 Å². The number of hydrogen-bond donors (Lipinski definition) is 1. The van der Waals surface area contributed by atoms with Crippen LogP contribution in [0.15, 0.2) is 60.7 Å². The number of pyridine rings is 1. The highest BCUT2D eigenvalue weighted by Gasteiger charge is 2.07. The normalized spacial score (nSPS) is 10.1. The minimum atomic E-state index is 0.451. The summed E-state index contributed by atoms with van der Waals surface area (Å²) in [7, 11) is 1.90. The maximum atomic E-state index is 8.90. The molecule has 0 saturated heterocycles. The summed E-state index contributed by atoms with van der Waals surface area (Å²) in [5, 5.41) is 12.1. The zero-order valence-corrected chi connectivity index (χ0v) is 14.3. The molecule has 1 heterocycles. The van der Waals surface area contributed by atoms with E-state index in [1.165, 1.54) is 5.56 Å². The van der Waals surface area contributed by atoms with Crippen molar-refractivity contribution in [3.05, 3.63) is 77.4 Å². The molecule has 0 fully saturated rings. The molecule has 0 unspecified atom stereocenters. The van der Waals surface area contributed by atoms with Crippen molar-refractivity contribution in [1.29, 1.82) is 5.26 Å². The van der Waals surface area contributed by atoms with Crippen LogP contribution in [0, 0.1) is 18.3 Å². The van der Waals surface area contributed by atoms with Crippen molar-refractivity contribution in [1.82, 2.24) is 4.98 Å². The van der Waals surface area contributed by atoms with Gasteiger partial charge < -0.3 is 10.1 Å². The third kappa shape index (κ3) is 3.78. The van der Waals surface area contributed by atoms with E-state index in [-0.39, 0.29) is 0 Å². The standard InChI is InChI=1S/C21H19N3O/c1-15-5-3-7-20(23-2)18(15)14-25-21-8-4-6-19(24-21)17-11-9-16(13-22)10-12-17/h3-12,23H,14H2,1-2H3. The van der Waals surface area contributed by atoms with E-state index in [2.05, 4.69) is 29.4 Å². The maximum Gasteiger partial charge on any atom is 0.214 e. The molecule has 1 aromatic heterocycles. The Hall–Kier alpha value is -3.32. The molecule has 0 aliphatic carbocycles. The number of rotatable bonds is 5. The van der Waals surface area contributed by atoms with Crippen molar-refractivity contribution in [3.63, 3.8) is 0 Å². The molecule has 0 amide bonds. The molecule has 3 aromatic rings. The van der Waals surface area contributed by atoms with Gasteiger partial charge in [-0.3, -0.25) is 0 Å². The van der Waals surface area contributed by atoms with E-state index in [0.717, 1.165) is 22.5 Å². The number of ether oxygens (including phenoxy) is 1. The lowest BCUT2D eigenvalue weighted by Crippen LogP contribution is -2.04. The third-order valence-electron chi connectivity index (χ3n) is 4.08. The average molecular weight is 329 g/mol. The minimum Gasteiger partial charge on any atom is -0.473 e. The first-order chi connectivity index (χ1) is 12.2. The number of aromatic nitrogens is 1. The lowest BCUT2D eigenvalue weighted by Gasteiger charge is -2.13. The van der Waals surface area contributed by atoms with Crippen LogP contribution in [0.2, 0.25) is 0 Å². The Bertz CT molecular complexity index is 911. The largest absolute Gasteiger partial charge is 0.473 e. The van der Waals surface area contributed by atoms with Crippen LogP contribution >= 0.6 is 0 Å². The Morgan fingerprint density at radius 1 is 1.04 bits per heavy atom. The fourth-order valence-corrected chi connectivity index (χ4v) is 2.65. The Kier molecular flexibility index (Phi) is 4.96. The fraction of sp³-hybridized carbons (Fsp3) is 0.143.